The number of rotatable bonds is 8. The lowest BCUT2D eigenvalue weighted by Gasteiger charge is -2.14. The Hall–Kier alpha value is -2.71. The van der Waals surface area contributed by atoms with Gasteiger partial charge in [0.15, 0.2) is 0 Å². The maximum Gasteiger partial charge on any atom is 0.240 e. The summed E-state index contributed by atoms with van der Waals surface area (Å²) in [7, 11) is -3.65. The Kier molecular flexibility index (Phi) is 6.11. The van der Waals surface area contributed by atoms with Gasteiger partial charge in [0.05, 0.1) is 17.5 Å². The first kappa shape index (κ1) is 20.0. The molecule has 8 heteroatoms. The van der Waals surface area contributed by atoms with Gasteiger partial charge < -0.3 is 4.74 Å². The molecule has 0 saturated heterocycles. The molecular formula is C20H24N4O3S. The van der Waals surface area contributed by atoms with E-state index in [4.69, 9.17) is 4.74 Å². The molecule has 0 saturated carbocycles. The Morgan fingerprint density at radius 3 is 2.54 bits per heavy atom. The van der Waals surface area contributed by atoms with Crippen LogP contribution in [0.2, 0.25) is 0 Å². The van der Waals surface area contributed by atoms with E-state index in [0.29, 0.717) is 12.3 Å². The van der Waals surface area contributed by atoms with E-state index < -0.39 is 10.0 Å². The average Bonchev–Trinajstić information content (AvgIpc) is 3.15. The molecule has 0 radical (unpaired) electrons. The van der Waals surface area contributed by atoms with Gasteiger partial charge in [-0.3, -0.25) is 0 Å². The van der Waals surface area contributed by atoms with Crippen LogP contribution >= 0.6 is 0 Å². The molecule has 1 heterocycles. The fourth-order valence-electron chi connectivity index (χ4n) is 2.80. The van der Waals surface area contributed by atoms with Gasteiger partial charge in [-0.25, -0.2) is 22.8 Å². The molecule has 0 aliphatic heterocycles. The van der Waals surface area contributed by atoms with Crippen molar-refractivity contribution in [3.8, 4) is 5.75 Å². The zero-order valence-electron chi connectivity index (χ0n) is 16.2. The number of sulfonamides is 1. The highest BCUT2D eigenvalue weighted by molar-refractivity contribution is 7.89. The summed E-state index contributed by atoms with van der Waals surface area (Å²) in [5.74, 6) is 0.687. The summed E-state index contributed by atoms with van der Waals surface area (Å²) in [4.78, 5) is 4.15. The summed E-state index contributed by atoms with van der Waals surface area (Å²) in [5.41, 5.74) is 2.65. The first-order chi connectivity index (χ1) is 13.3. The summed E-state index contributed by atoms with van der Waals surface area (Å²) >= 11 is 0. The van der Waals surface area contributed by atoms with Gasteiger partial charge >= 0.3 is 0 Å². The van der Waals surface area contributed by atoms with Crippen LogP contribution in [0.15, 0.2) is 60.0 Å². The van der Waals surface area contributed by atoms with Crippen molar-refractivity contribution in [2.45, 2.75) is 44.9 Å². The highest BCUT2D eigenvalue weighted by Gasteiger charge is 2.16. The van der Waals surface area contributed by atoms with E-state index in [1.54, 1.807) is 29.2 Å². The molecule has 0 fully saturated rings. The van der Waals surface area contributed by atoms with Gasteiger partial charge in [0.25, 0.3) is 0 Å². The van der Waals surface area contributed by atoms with Crippen LogP contribution in [0.5, 0.6) is 5.75 Å². The van der Waals surface area contributed by atoms with Crippen LogP contribution in [0.1, 0.15) is 30.5 Å². The van der Waals surface area contributed by atoms with Crippen molar-refractivity contribution in [3.05, 3.63) is 71.8 Å². The molecule has 0 amide bonds. The first-order valence-corrected chi connectivity index (χ1v) is 10.5. The second-order valence-electron chi connectivity index (χ2n) is 6.78. The number of hydrogen-bond acceptors (Lipinski definition) is 5. The highest BCUT2D eigenvalue weighted by Crippen LogP contribution is 2.23. The van der Waals surface area contributed by atoms with Gasteiger partial charge in [0.2, 0.25) is 10.0 Å². The summed E-state index contributed by atoms with van der Waals surface area (Å²) in [6.07, 6.45) is 3.13. The molecule has 0 aliphatic rings. The topological polar surface area (TPSA) is 86.1 Å². The molecular weight excluding hydrogens is 376 g/mol. The number of ether oxygens (including phenoxy) is 1. The molecule has 0 spiro atoms. The molecule has 28 heavy (non-hydrogen) atoms. The minimum absolute atomic E-state index is 0.0285. The molecule has 3 aromatic rings. The van der Waals surface area contributed by atoms with E-state index >= 15 is 0 Å². The third kappa shape index (κ3) is 4.96. The first-order valence-electron chi connectivity index (χ1n) is 9.01. The van der Waals surface area contributed by atoms with Gasteiger partial charge in [-0.1, -0.05) is 24.3 Å². The van der Waals surface area contributed by atoms with Crippen molar-refractivity contribution in [1.29, 1.82) is 0 Å². The van der Waals surface area contributed by atoms with Gasteiger partial charge in [0.1, 0.15) is 18.4 Å². The van der Waals surface area contributed by atoms with Crippen LogP contribution in [0.4, 0.5) is 0 Å². The minimum atomic E-state index is -3.65. The van der Waals surface area contributed by atoms with Crippen molar-refractivity contribution >= 4 is 10.0 Å². The molecule has 1 N–H and O–H groups in total. The number of aryl methyl sites for hydroxylation is 1. The Bertz CT molecular complexity index is 1030. The van der Waals surface area contributed by atoms with Crippen LogP contribution in [-0.2, 0) is 23.1 Å². The molecule has 0 bridgehead atoms. The molecule has 7 nitrogen and oxygen atoms in total. The van der Waals surface area contributed by atoms with Crippen LogP contribution in [-0.4, -0.2) is 29.3 Å². The fraction of sp³-hybridized carbons (Fsp3) is 0.300. The van der Waals surface area contributed by atoms with Crippen molar-refractivity contribution in [2.75, 3.05) is 0 Å². The predicted molar refractivity (Wildman–Crippen MR) is 107 cm³/mol. The smallest absolute Gasteiger partial charge is 0.240 e. The predicted octanol–water partition coefficient (Wildman–Crippen LogP) is 2.90. The maximum atomic E-state index is 12.7. The molecule has 3 rings (SSSR count). The van der Waals surface area contributed by atoms with Crippen molar-refractivity contribution in [3.63, 3.8) is 0 Å². The zero-order valence-corrected chi connectivity index (χ0v) is 17.0. The van der Waals surface area contributed by atoms with Gasteiger partial charge in [0, 0.05) is 6.54 Å². The second kappa shape index (κ2) is 8.53. The molecule has 0 atom stereocenters. The van der Waals surface area contributed by atoms with Crippen LogP contribution in [0.25, 0.3) is 0 Å². The average molecular weight is 401 g/mol. The van der Waals surface area contributed by atoms with Crippen LogP contribution in [0, 0.1) is 6.92 Å². The van der Waals surface area contributed by atoms with E-state index in [0.717, 1.165) is 16.7 Å². The maximum absolute atomic E-state index is 12.7. The molecule has 0 unspecified atom stereocenters. The lowest BCUT2D eigenvalue weighted by Crippen LogP contribution is -2.24. The minimum Gasteiger partial charge on any atom is -0.491 e. The number of nitrogens with one attached hydrogen (secondary N) is 1. The van der Waals surface area contributed by atoms with Gasteiger partial charge in [-0.15, -0.1) is 0 Å². The van der Waals surface area contributed by atoms with E-state index in [1.165, 1.54) is 6.33 Å². The van der Waals surface area contributed by atoms with Crippen molar-refractivity contribution < 1.29 is 13.2 Å². The molecule has 0 aliphatic carbocycles. The number of hydrogen-bond donors (Lipinski definition) is 1. The van der Waals surface area contributed by atoms with Crippen molar-refractivity contribution in [1.82, 2.24) is 19.5 Å². The van der Waals surface area contributed by atoms with E-state index in [9.17, 15) is 8.42 Å². The van der Waals surface area contributed by atoms with Crippen LogP contribution < -0.4 is 9.46 Å². The molecule has 148 valence electrons. The largest absolute Gasteiger partial charge is 0.491 e. The lowest BCUT2D eigenvalue weighted by atomic mass is 10.1. The van der Waals surface area contributed by atoms with E-state index in [2.05, 4.69) is 14.8 Å². The summed E-state index contributed by atoms with van der Waals surface area (Å²) in [6, 6.07) is 12.5. The van der Waals surface area contributed by atoms with Gasteiger partial charge in [-0.2, -0.15) is 5.10 Å². The summed E-state index contributed by atoms with van der Waals surface area (Å²) < 4.78 is 35.5. The van der Waals surface area contributed by atoms with E-state index in [1.807, 2.05) is 45.0 Å². The summed E-state index contributed by atoms with van der Waals surface area (Å²) in [5, 5.41) is 4.10. The third-order valence-electron chi connectivity index (χ3n) is 4.19. The quantitative estimate of drug-likeness (QED) is 0.628. The Morgan fingerprint density at radius 2 is 1.89 bits per heavy atom. The number of aromatic nitrogens is 3. The Labute approximate surface area is 165 Å². The molecule has 2 aromatic carbocycles. The molecule has 1 aromatic heterocycles. The van der Waals surface area contributed by atoms with E-state index in [-0.39, 0.29) is 17.5 Å². The Balaban J connectivity index is 1.74. The zero-order chi connectivity index (χ0) is 20.1. The normalized spacial score (nSPS) is 11.7. The second-order valence-corrected chi connectivity index (χ2v) is 8.55. The number of nitrogens with zero attached hydrogens (tertiary/aromatic N) is 3. The third-order valence-corrected chi connectivity index (χ3v) is 5.59. The van der Waals surface area contributed by atoms with Crippen molar-refractivity contribution in [2.24, 2.45) is 0 Å². The fourth-order valence-corrected chi connectivity index (χ4v) is 3.90. The SMILES string of the molecule is Cc1cc(S(=O)(=O)NCc2ccccc2Cn2cncn2)ccc1OC(C)C. The highest BCUT2D eigenvalue weighted by atomic mass is 32.2. The monoisotopic (exact) mass is 400 g/mol. The standard InChI is InChI=1S/C20H24N4O3S/c1-15(2)27-20-9-8-19(10-16(20)3)28(25,26)23-11-17-6-4-5-7-18(17)12-24-14-21-13-22-24/h4-10,13-15,23H,11-12H2,1-3H3. The number of benzene rings is 2. The Morgan fingerprint density at radius 1 is 1.14 bits per heavy atom. The van der Waals surface area contributed by atoms with Crippen LogP contribution in [0.3, 0.4) is 0 Å². The summed E-state index contributed by atoms with van der Waals surface area (Å²) in [6.45, 7) is 6.42. The van der Waals surface area contributed by atoms with Gasteiger partial charge in [-0.05, 0) is 55.7 Å². The lowest BCUT2D eigenvalue weighted by molar-refractivity contribution is 0.240.